The van der Waals surface area contributed by atoms with Crippen molar-refractivity contribution in [3.8, 4) is 0 Å². The van der Waals surface area contributed by atoms with Gasteiger partial charge in [-0.3, -0.25) is 14.9 Å². The largest absolute Gasteiger partial charge is 0.452 e. The predicted molar refractivity (Wildman–Crippen MR) is 94.8 cm³/mol. The van der Waals surface area contributed by atoms with Crippen molar-refractivity contribution in [1.82, 2.24) is 4.90 Å². The highest BCUT2D eigenvalue weighted by Crippen LogP contribution is 2.35. The lowest BCUT2D eigenvalue weighted by Crippen LogP contribution is -2.50. The number of carbonyl (C=O) groups excluding carboxylic acids is 2. The molecule has 7 heteroatoms. The molecule has 0 bridgehead atoms. The summed E-state index contributed by atoms with van der Waals surface area (Å²) in [7, 11) is 0. The number of piperidine rings is 1. The van der Waals surface area contributed by atoms with E-state index < -0.39 is 10.9 Å². The lowest BCUT2D eigenvalue weighted by Gasteiger charge is -2.44. The van der Waals surface area contributed by atoms with Crippen LogP contribution in [0, 0.1) is 23.0 Å². The summed E-state index contributed by atoms with van der Waals surface area (Å²) >= 11 is 0. The Morgan fingerprint density at radius 2 is 1.96 bits per heavy atom. The van der Waals surface area contributed by atoms with E-state index in [9.17, 15) is 19.7 Å². The van der Waals surface area contributed by atoms with E-state index in [1.165, 1.54) is 44.4 Å². The number of amides is 1. The zero-order valence-corrected chi connectivity index (χ0v) is 15.0. The lowest BCUT2D eigenvalue weighted by molar-refractivity contribution is -0.385. The van der Waals surface area contributed by atoms with Gasteiger partial charge in [0.1, 0.15) is 0 Å². The second kappa shape index (κ2) is 7.85. The first kappa shape index (κ1) is 18.4. The van der Waals surface area contributed by atoms with Gasteiger partial charge in [-0.1, -0.05) is 18.9 Å². The highest BCUT2D eigenvalue weighted by atomic mass is 16.6. The van der Waals surface area contributed by atoms with Crippen LogP contribution in [0.2, 0.25) is 0 Å². The molecule has 1 saturated carbocycles. The Bertz CT molecular complexity index is 716. The van der Waals surface area contributed by atoms with E-state index >= 15 is 0 Å². The molecule has 3 rings (SSSR count). The average Bonchev–Trinajstić information content (AvgIpc) is 2.65. The third-order valence-corrected chi connectivity index (χ3v) is 5.61. The summed E-state index contributed by atoms with van der Waals surface area (Å²) in [4.78, 5) is 37.2. The van der Waals surface area contributed by atoms with Crippen LogP contribution in [0.1, 0.15) is 54.4 Å². The minimum Gasteiger partial charge on any atom is -0.452 e. The molecule has 1 aliphatic carbocycles. The van der Waals surface area contributed by atoms with Crippen LogP contribution in [0.15, 0.2) is 18.2 Å². The first-order valence-electron chi connectivity index (χ1n) is 9.19. The minimum absolute atomic E-state index is 0.126. The molecule has 2 fully saturated rings. The molecule has 7 nitrogen and oxygen atoms in total. The van der Waals surface area contributed by atoms with Gasteiger partial charge in [-0.25, -0.2) is 4.79 Å². The van der Waals surface area contributed by atoms with E-state index in [1.807, 2.05) is 4.90 Å². The number of esters is 1. The van der Waals surface area contributed by atoms with Crippen molar-refractivity contribution in [3.63, 3.8) is 0 Å². The maximum absolute atomic E-state index is 12.6. The molecule has 1 amide bonds. The maximum Gasteiger partial charge on any atom is 0.339 e. The summed E-state index contributed by atoms with van der Waals surface area (Å²) in [6.45, 7) is 1.91. The fraction of sp³-hybridized carbons (Fsp3) is 0.579. The molecule has 26 heavy (non-hydrogen) atoms. The second-order valence-electron chi connectivity index (χ2n) is 7.12. The van der Waals surface area contributed by atoms with Gasteiger partial charge in [0, 0.05) is 24.2 Å². The van der Waals surface area contributed by atoms with Crippen molar-refractivity contribution >= 4 is 17.6 Å². The van der Waals surface area contributed by atoms with Crippen LogP contribution in [0.25, 0.3) is 0 Å². The van der Waals surface area contributed by atoms with Gasteiger partial charge < -0.3 is 9.64 Å². The lowest BCUT2D eigenvalue weighted by atomic mass is 9.78. The highest BCUT2D eigenvalue weighted by Gasteiger charge is 2.35. The smallest absolute Gasteiger partial charge is 0.339 e. The van der Waals surface area contributed by atoms with Gasteiger partial charge in [0.05, 0.1) is 10.5 Å². The minimum atomic E-state index is -0.697. The molecule has 140 valence electrons. The molecule has 1 aromatic rings. The molecule has 1 heterocycles. The maximum atomic E-state index is 12.6. The van der Waals surface area contributed by atoms with Gasteiger partial charge >= 0.3 is 5.97 Å². The SMILES string of the molecule is Cc1c(C(=O)OCC(=O)N2CCC[C@@H]3CCCC[C@@H]32)cccc1[N+](=O)[O-]. The molecule has 1 aliphatic heterocycles. The Hall–Kier alpha value is -2.44. The zero-order valence-electron chi connectivity index (χ0n) is 15.0. The molecule has 0 aromatic heterocycles. The number of rotatable bonds is 4. The Morgan fingerprint density at radius 1 is 1.23 bits per heavy atom. The summed E-state index contributed by atoms with van der Waals surface area (Å²) in [5.41, 5.74) is 0.244. The summed E-state index contributed by atoms with van der Waals surface area (Å²) in [6.07, 6.45) is 6.71. The number of likely N-dealkylation sites (tertiary alicyclic amines) is 1. The molecule has 0 radical (unpaired) electrons. The van der Waals surface area contributed by atoms with Crippen LogP contribution in [-0.4, -0.2) is 40.9 Å². The van der Waals surface area contributed by atoms with Crippen molar-refractivity contribution in [2.75, 3.05) is 13.2 Å². The number of benzene rings is 1. The molecule has 0 N–H and O–H groups in total. The van der Waals surface area contributed by atoms with Crippen molar-refractivity contribution in [3.05, 3.63) is 39.4 Å². The van der Waals surface area contributed by atoms with Crippen LogP contribution >= 0.6 is 0 Å². The van der Waals surface area contributed by atoms with Gasteiger partial charge in [0.25, 0.3) is 11.6 Å². The van der Waals surface area contributed by atoms with E-state index in [4.69, 9.17) is 4.74 Å². The highest BCUT2D eigenvalue weighted by molar-refractivity contribution is 5.93. The van der Waals surface area contributed by atoms with Gasteiger partial charge in [-0.15, -0.1) is 0 Å². The first-order valence-corrected chi connectivity index (χ1v) is 9.19. The molecule has 2 aliphatic rings. The number of hydrogen-bond acceptors (Lipinski definition) is 5. The first-order chi connectivity index (χ1) is 12.5. The van der Waals surface area contributed by atoms with E-state index in [0.29, 0.717) is 12.5 Å². The number of ether oxygens (including phenoxy) is 1. The number of nitro groups is 1. The quantitative estimate of drug-likeness (QED) is 0.467. The normalized spacial score (nSPS) is 22.4. The van der Waals surface area contributed by atoms with Crippen LogP contribution < -0.4 is 0 Å². The van der Waals surface area contributed by atoms with Crippen molar-refractivity contribution in [2.45, 2.75) is 51.5 Å². The average molecular weight is 360 g/mol. The summed E-state index contributed by atoms with van der Waals surface area (Å²) in [5, 5.41) is 11.0. The number of fused-ring (bicyclic) bond motifs is 1. The number of nitro benzene ring substituents is 1. The van der Waals surface area contributed by atoms with E-state index in [2.05, 4.69) is 0 Å². The van der Waals surface area contributed by atoms with Crippen LogP contribution in [0.3, 0.4) is 0 Å². The molecule has 0 unspecified atom stereocenters. The van der Waals surface area contributed by atoms with Gasteiger partial charge in [-0.05, 0) is 44.6 Å². The molecule has 2 atom stereocenters. The van der Waals surface area contributed by atoms with E-state index in [0.717, 1.165) is 19.3 Å². The van der Waals surface area contributed by atoms with Gasteiger partial charge in [0.15, 0.2) is 6.61 Å². The Kier molecular flexibility index (Phi) is 5.54. The predicted octanol–water partition coefficient (Wildman–Crippen LogP) is 3.24. The standard InChI is InChI=1S/C19H24N2O5/c1-13-15(8-4-10-16(13)21(24)25)19(23)26-12-18(22)20-11-5-7-14-6-2-3-9-17(14)20/h4,8,10,14,17H,2-3,5-7,9,11-12H2,1H3/t14-,17-/m0/s1. The van der Waals surface area contributed by atoms with Gasteiger partial charge in [-0.2, -0.15) is 0 Å². The Labute approximate surface area is 152 Å². The van der Waals surface area contributed by atoms with Gasteiger partial charge in [0.2, 0.25) is 0 Å². The topological polar surface area (TPSA) is 89.8 Å². The third-order valence-electron chi connectivity index (χ3n) is 5.61. The summed E-state index contributed by atoms with van der Waals surface area (Å²) < 4.78 is 5.19. The van der Waals surface area contributed by atoms with Crippen LogP contribution in [-0.2, 0) is 9.53 Å². The molecule has 1 aromatic carbocycles. The van der Waals surface area contributed by atoms with E-state index in [1.54, 1.807) is 0 Å². The second-order valence-corrected chi connectivity index (χ2v) is 7.12. The van der Waals surface area contributed by atoms with Crippen molar-refractivity contribution in [2.24, 2.45) is 5.92 Å². The molecular formula is C19H24N2O5. The zero-order chi connectivity index (χ0) is 18.7. The van der Waals surface area contributed by atoms with Crippen LogP contribution in [0.4, 0.5) is 5.69 Å². The number of hydrogen-bond donors (Lipinski definition) is 0. The fourth-order valence-corrected chi connectivity index (χ4v) is 4.26. The Morgan fingerprint density at radius 3 is 2.73 bits per heavy atom. The number of nitrogens with zero attached hydrogens (tertiary/aromatic N) is 2. The van der Waals surface area contributed by atoms with E-state index in [-0.39, 0.29) is 35.4 Å². The Balaban J connectivity index is 1.63. The molecule has 1 saturated heterocycles. The summed E-state index contributed by atoms with van der Waals surface area (Å²) in [6, 6.07) is 4.53. The third kappa shape index (κ3) is 3.71. The monoisotopic (exact) mass is 360 g/mol. The molecule has 0 spiro atoms. The summed E-state index contributed by atoms with van der Waals surface area (Å²) in [5.74, 6) is -0.300. The van der Waals surface area contributed by atoms with Crippen molar-refractivity contribution < 1.29 is 19.2 Å². The number of carbonyl (C=O) groups is 2. The van der Waals surface area contributed by atoms with Crippen molar-refractivity contribution in [1.29, 1.82) is 0 Å². The molecular weight excluding hydrogens is 336 g/mol. The van der Waals surface area contributed by atoms with Crippen LogP contribution in [0.5, 0.6) is 0 Å². The fourth-order valence-electron chi connectivity index (χ4n) is 4.26.